The second-order valence-electron chi connectivity index (χ2n) is 3.98. The topological polar surface area (TPSA) is 71.4 Å². The molecular weight excluding hydrogens is 365 g/mol. The van der Waals surface area contributed by atoms with Gasteiger partial charge in [0.15, 0.2) is 9.84 Å². The van der Waals surface area contributed by atoms with E-state index in [1.165, 1.54) is 6.07 Å². The molecular formula is C11H10BrF3O4S. The molecule has 4 nitrogen and oxygen atoms in total. The smallest absolute Gasteiger partial charge is 0.389 e. The molecule has 1 aromatic rings. The van der Waals surface area contributed by atoms with Gasteiger partial charge in [0.25, 0.3) is 0 Å². The molecule has 112 valence electrons. The summed E-state index contributed by atoms with van der Waals surface area (Å²) in [5.41, 5.74) is -0.262. The second kappa shape index (κ2) is 6.13. The van der Waals surface area contributed by atoms with Gasteiger partial charge >= 0.3 is 12.1 Å². The Balaban J connectivity index is 2.93. The lowest BCUT2D eigenvalue weighted by Gasteiger charge is -2.08. The van der Waals surface area contributed by atoms with Gasteiger partial charge in [0.1, 0.15) is 0 Å². The van der Waals surface area contributed by atoms with Crippen molar-refractivity contribution in [3.05, 3.63) is 28.2 Å². The number of benzene rings is 1. The molecule has 20 heavy (non-hydrogen) atoms. The van der Waals surface area contributed by atoms with Crippen LogP contribution in [0.2, 0.25) is 0 Å². The van der Waals surface area contributed by atoms with Crippen molar-refractivity contribution in [3.8, 4) is 0 Å². The van der Waals surface area contributed by atoms with E-state index < -0.39 is 40.6 Å². The van der Waals surface area contributed by atoms with Gasteiger partial charge in [-0.1, -0.05) is 0 Å². The van der Waals surface area contributed by atoms with Gasteiger partial charge in [-0.05, 0) is 40.5 Å². The molecule has 0 saturated heterocycles. The number of sulfone groups is 1. The first-order valence-corrected chi connectivity index (χ1v) is 7.80. The minimum absolute atomic E-state index is 0.194. The first kappa shape index (κ1) is 17.0. The largest absolute Gasteiger partial charge is 0.478 e. The van der Waals surface area contributed by atoms with Crippen LogP contribution < -0.4 is 0 Å². The molecule has 0 radical (unpaired) electrons. The number of hydrogen-bond donors (Lipinski definition) is 1. The molecule has 9 heteroatoms. The minimum atomic E-state index is -4.42. The lowest BCUT2D eigenvalue weighted by Crippen LogP contribution is -2.13. The average molecular weight is 375 g/mol. The Kier molecular flexibility index (Phi) is 5.20. The molecule has 0 saturated carbocycles. The van der Waals surface area contributed by atoms with Crippen LogP contribution in [0, 0.1) is 0 Å². The molecule has 0 amide bonds. The third-order valence-electron chi connectivity index (χ3n) is 2.40. The van der Waals surface area contributed by atoms with Gasteiger partial charge in [-0.2, -0.15) is 13.2 Å². The summed E-state index contributed by atoms with van der Waals surface area (Å²) in [4.78, 5) is 10.6. The van der Waals surface area contributed by atoms with Gasteiger partial charge in [-0.15, -0.1) is 0 Å². The van der Waals surface area contributed by atoms with Crippen LogP contribution in [-0.2, 0) is 9.84 Å². The SMILES string of the molecule is O=C(O)c1cc(S(=O)(=O)CCCC(F)(F)F)ccc1Br. The summed E-state index contributed by atoms with van der Waals surface area (Å²) in [6.45, 7) is 0. The average Bonchev–Trinajstić information content (AvgIpc) is 2.26. The Hall–Kier alpha value is -1.09. The molecule has 0 aliphatic heterocycles. The van der Waals surface area contributed by atoms with Crippen LogP contribution >= 0.6 is 15.9 Å². The fourth-order valence-corrected chi connectivity index (χ4v) is 3.19. The summed E-state index contributed by atoms with van der Waals surface area (Å²) >= 11 is 2.95. The zero-order valence-electron chi connectivity index (χ0n) is 9.95. The van der Waals surface area contributed by atoms with Gasteiger partial charge in [-0.25, -0.2) is 13.2 Å². The molecule has 1 N–H and O–H groups in total. The lowest BCUT2D eigenvalue weighted by atomic mass is 10.2. The second-order valence-corrected chi connectivity index (χ2v) is 6.95. The Bertz CT molecular complexity index is 611. The van der Waals surface area contributed by atoms with E-state index in [4.69, 9.17) is 5.11 Å². The highest BCUT2D eigenvalue weighted by Gasteiger charge is 2.28. The van der Waals surface area contributed by atoms with Crippen LogP contribution in [0.4, 0.5) is 13.2 Å². The van der Waals surface area contributed by atoms with Crippen LogP contribution in [-0.4, -0.2) is 31.4 Å². The first-order chi connectivity index (χ1) is 9.03. The van der Waals surface area contributed by atoms with Crippen molar-refractivity contribution >= 4 is 31.7 Å². The zero-order chi connectivity index (χ0) is 15.6. The van der Waals surface area contributed by atoms with Crippen LogP contribution in [0.1, 0.15) is 23.2 Å². The van der Waals surface area contributed by atoms with E-state index in [0.717, 1.165) is 12.1 Å². The number of rotatable bonds is 5. The van der Waals surface area contributed by atoms with Crippen molar-refractivity contribution in [1.29, 1.82) is 0 Å². The maximum Gasteiger partial charge on any atom is 0.389 e. The highest BCUT2D eigenvalue weighted by Crippen LogP contribution is 2.25. The Morgan fingerprint density at radius 3 is 2.40 bits per heavy atom. The summed E-state index contributed by atoms with van der Waals surface area (Å²) in [5.74, 6) is -2.02. The summed E-state index contributed by atoms with van der Waals surface area (Å²) in [6, 6.07) is 3.31. The number of alkyl halides is 3. The maximum absolute atomic E-state index is 12.0. The van der Waals surface area contributed by atoms with Crippen LogP contribution in [0.25, 0.3) is 0 Å². The molecule has 0 fully saturated rings. The summed E-state index contributed by atoms with van der Waals surface area (Å²) in [6.07, 6.45) is -6.18. The molecule has 0 atom stereocenters. The third-order valence-corrected chi connectivity index (χ3v) is 4.89. The summed E-state index contributed by atoms with van der Waals surface area (Å²) in [7, 11) is -3.94. The van der Waals surface area contributed by atoms with Gasteiger partial charge in [0, 0.05) is 10.9 Å². The first-order valence-electron chi connectivity index (χ1n) is 5.35. The minimum Gasteiger partial charge on any atom is -0.478 e. The Labute approximate surface area is 121 Å². The van der Waals surface area contributed by atoms with E-state index in [-0.39, 0.29) is 14.9 Å². The predicted molar refractivity (Wildman–Crippen MR) is 68.4 cm³/mol. The van der Waals surface area contributed by atoms with Crippen molar-refractivity contribution in [1.82, 2.24) is 0 Å². The zero-order valence-corrected chi connectivity index (χ0v) is 12.3. The molecule has 1 aromatic carbocycles. The normalized spacial score (nSPS) is 12.4. The quantitative estimate of drug-likeness (QED) is 0.858. The monoisotopic (exact) mass is 374 g/mol. The standard InChI is InChI=1S/C11H10BrF3O4S/c12-9-3-2-7(6-8(9)10(16)17)20(18,19)5-1-4-11(13,14)15/h2-3,6H,1,4-5H2,(H,16,17). The van der Waals surface area contributed by atoms with Crippen LogP contribution in [0.15, 0.2) is 27.6 Å². The van der Waals surface area contributed by atoms with Crippen molar-refractivity contribution in [3.63, 3.8) is 0 Å². The summed E-state index contributed by atoms with van der Waals surface area (Å²) < 4.78 is 59.8. The molecule has 0 spiro atoms. The number of carboxylic acid groups (broad SMARTS) is 1. The van der Waals surface area contributed by atoms with E-state index >= 15 is 0 Å². The number of hydrogen-bond acceptors (Lipinski definition) is 3. The number of carbonyl (C=O) groups is 1. The third kappa shape index (κ3) is 4.78. The summed E-state index contributed by atoms with van der Waals surface area (Å²) in [5, 5.41) is 8.86. The van der Waals surface area contributed by atoms with Gasteiger partial charge in [-0.3, -0.25) is 0 Å². The van der Waals surface area contributed by atoms with Gasteiger partial charge in [0.2, 0.25) is 0 Å². The molecule has 0 bridgehead atoms. The van der Waals surface area contributed by atoms with Crippen molar-refractivity contribution in [2.45, 2.75) is 23.9 Å². The predicted octanol–water partition coefficient (Wildman–Crippen LogP) is 3.26. The van der Waals surface area contributed by atoms with E-state index in [2.05, 4.69) is 15.9 Å². The molecule has 0 heterocycles. The molecule has 0 aliphatic rings. The molecule has 1 rings (SSSR count). The fraction of sp³-hybridized carbons (Fsp3) is 0.364. The van der Waals surface area contributed by atoms with E-state index in [0.29, 0.717) is 0 Å². The van der Waals surface area contributed by atoms with Crippen LogP contribution in [0.5, 0.6) is 0 Å². The Morgan fingerprint density at radius 2 is 1.90 bits per heavy atom. The van der Waals surface area contributed by atoms with E-state index in [9.17, 15) is 26.4 Å². The number of carboxylic acids is 1. The van der Waals surface area contributed by atoms with Gasteiger partial charge in [0.05, 0.1) is 16.2 Å². The number of halogens is 4. The fourth-order valence-electron chi connectivity index (χ4n) is 1.44. The van der Waals surface area contributed by atoms with Crippen molar-refractivity contribution < 1.29 is 31.5 Å². The molecule has 0 aliphatic carbocycles. The lowest BCUT2D eigenvalue weighted by molar-refractivity contribution is -0.134. The Morgan fingerprint density at radius 1 is 1.30 bits per heavy atom. The van der Waals surface area contributed by atoms with E-state index in [1.807, 2.05) is 0 Å². The molecule has 0 aromatic heterocycles. The maximum atomic E-state index is 12.0. The highest BCUT2D eigenvalue weighted by atomic mass is 79.9. The van der Waals surface area contributed by atoms with Gasteiger partial charge < -0.3 is 5.11 Å². The van der Waals surface area contributed by atoms with Crippen LogP contribution in [0.3, 0.4) is 0 Å². The van der Waals surface area contributed by atoms with Crippen molar-refractivity contribution in [2.24, 2.45) is 0 Å². The molecule has 0 unspecified atom stereocenters. The van der Waals surface area contributed by atoms with E-state index in [1.54, 1.807) is 0 Å². The van der Waals surface area contributed by atoms with Crippen molar-refractivity contribution in [2.75, 3.05) is 5.75 Å². The number of aromatic carboxylic acids is 1. The highest BCUT2D eigenvalue weighted by molar-refractivity contribution is 9.10.